The highest BCUT2D eigenvalue weighted by atomic mass is 127. The van der Waals surface area contributed by atoms with Crippen molar-refractivity contribution in [2.45, 2.75) is 56.3 Å². The van der Waals surface area contributed by atoms with Crippen LogP contribution in [0.2, 0.25) is 0 Å². The van der Waals surface area contributed by atoms with E-state index < -0.39 is 5.60 Å². The number of hydrogen-bond donors (Lipinski definition) is 1. The van der Waals surface area contributed by atoms with Crippen LogP contribution in [0, 0.1) is 0 Å². The molecule has 3 heterocycles. The van der Waals surface area contributed by atoms with Crippen molar-refractivity contribution in [3.63, 3.8) is 0 Å². The van der Waals surface area contributed by atoms with Gasteiger partial charge in [0.25, 0.3) is 0 Å². The maximum absolute atomic E-state index is 10.6. The van der Waals surface area contributed by atoms with Gasteiger partial charge in [-0.05, 0) is 25.7 Å². The van der Waals surface area contributed by atoms with Gasteiger partial charge < -0.3 is 24.2 Å². The zero-order valence-electron chi connectivity index (χ0n) is 13.4. The molecule has 3 aliphatic rings. The molecule has 3 saturated heterocycles. The Morgan fingerprint density at radius 1 is 1.09 bits per heavy atom. The van der Waals surface area contributed by atoms with Crippen molar-refractivity contribution in [1.29, 1.82) is 0 Å². The standard InChI is InChI=1S/C16H29NO4.HI/c18-16(5-10-19-11-6-16)13-17-7-3-14(4-8-17)21-12-15-2-1-9-20-15;/h14-15,18H,1-13H2;1H. The van der Waals surface area contributed by atoms with E-state index in [-0.39, 0.29) is 24.0 Å². The molecule has 0 aromatic heterocycles. The van der Waals surface area contributed by atoms with E-state index in [1.54, 1.807) is 0 Å². The summed E-state index contributed by atoms with van der Waals surface area (Å²) in [5.41, 5.74) is -0.538. The van der Waals surface area contributed by atoms with Gasteiger partial charge in [0.2, 0.25) is 0 Å². The van der Waals surface area contributed by atoms with E-state index in [0.717, 1.165) is 65.0 Å². The number of likely N-dealkylation sites (tertiary alicyclic amines) is 1. The molecule has 1 atom stereocenters. The summed E-state index contributed by atoms with van der Waals surface area (Å²) in [5.74, 6) is 0. The van der Waals surface area contributed by atoms with E-state index in [9.17, 15) is 5.11 Å². The highest BCUT2D eigenvalue weighted by molar-refractivity contribution is 14.0. The molecule has 0 aromatic carbocycles. The number of aliphatic hydroxyl groups is 1. The molecule has 0 amide bonds. The molecule has 1 unspecified atom stereocenters. The molecular weight excluding hydrogens is 397 g/mol. The molecule has 0 bridgehead atoms. The summed E-state index contributed by atoms with van der Waals surface area (Å²) in [6.45, 7) is 5.88. The normalized spacial score (nSPS) is 30.1. The molecule has 0 radical (unpaired) electrons. The monoisotopic (exact) mass is 427 g/mol. The van der Waals surface area contributed by atoms with Gasteiger partial charge in [-0.25, -0.2) is 0 Å². The minimum atomic E-state index is -0.538. The lowest BCUT2D eigenvalue weighted by atomic mass is 9.93. The van der Waals surface area contributed by atoms with Gasteiger partial charge in [-0.1, -0.05) is 0 Å². The lowest BCUT2D eigenvalue weighted by Crippen LogP contribution is -2.49. The summed E-state index contributed by atoms with van der Waals surface area (Å²) in [7, 11) is 0. The van der Waals surface area contributed by atoms with Gasteiger partial charge in [0.05, 0.1) is 24.4 Å². The molecule has 3 rings (SSSR count). The first-order valence-electron chi connectivity index (χ1n) is 8.49. The first kappa shape index (κ1) is 18.9. The van der Waals surface area contributed by atoms with Crippen molar-refractivity contribution < 1.29 is 19.3 Å². The van der Waals surface area contributed by atoms with Gasteiger partial charge in [0, 0.05) is 52.3 Å². The van der Waals surface area contributed by atoms with Crippen LogP contribution in [0.1, 0.15) is 38.5 Å². The zero-order chi connectivity index (χ0) is 14.5. The Morgan fingerprint density at radius 2 is 1.82 bits per heavy atom. The van der Waals surface area contributed by atoms with E-state index >= 15 is 0 Å². The predicted molar refractivity (Wildman–Crippen MR) is 94.8 cm³/mol. The maximum atomic E-state index is 10.6. The van der Waals surface area contributed by atoms with Gasteiger partial charge in [0.15, 0.2) is 0 Å². The summed E-state index contributed by atoms with van der Waals surface area (Å²) in [6, 6.07) is 0. The number of rotatable bonds is 5. The SMILES string of the molecule is I.OC1(CN2CCC(OCC3CCCO3)CC2)CCOCC1. The van der Waals surface area contributed by atoms with Gasteiger partial charge >= 0.3 is 0 Å². The Balaban J connectivity index is 0.00000176. The first-order chi connectivity index (χ1) is 10.2. The summed E-state index contributed by atoms with van der Waals surface area (Å²) in [4.78, 5) is 2.39. The predicted octanol–water partition coefficient (Wildman–Crippen LogP) is 1.81. The Labute approximate surface area is 150 Å². The third kappa shape index (κ3) is 5.56. The number of piperidine rings is 1. The molecule has 3 fully saturated rings. The molecule has 22 heavy (non-hydrogen) atoms. The Hall–Kier alpha value is 0.530. The molecule has 130 valence electrons. The topological polar surface area (TPSA) is 51.2 Å². The lowest BCUT2D eigenvalue weighted by Gasteiger charge is -2.39. The van der Waals surface area contributed by atoms with Crippen molar-refractivity contribution in [3.8, 4) is 0 Å². The molecule has 3 aliphatic heterocycles. The molecular formula is C16H30INO4. The van der Waals surface area contributed by atoms with Crippen molar-refractivity contribution in [1.82, 2.24) is 4.90 Å². The van der Waals surface area contributed by atoms with Crippen LogP contribution in [0.15, 0.2) is 0 Å². The second-order valence-electron chi connectivity index (χ2n) is 6.78. The fourth-order valence-electron chi connectivity index (χ4n) is 3.58. The summed E-state index contributed by atoms with van der Waals surface area (Å²) in [5, 5.41) is 10.6. The number of β-amino-alcohol motifs (C(OH)–C–C–N with tert-alkyl or cyclic N) is 1. The first-order valence-corrected chi connectivity index (χ1v) is 8.49. The Kier molecular flexibility index (Phi) is 7.83. The molecule has 5 nitrogen and oxygen atoms in total. The van der Waals surface area contributed by atoms with Crippen LogP contribution in [-0.4, -0.2) is 73.9 Å². The summed E-state index contributed by atoms with van der Waals surface area (Å²) >= 11 is 0. The maximum Gasteiger partial charge on any atom is 0.0817 e. The van der Waals surface area contributed by atoms with Gasteiger partial charge in [-0.15, -0.1) is 24.0 Å². The van der Waals surface area contributed by atoms with Crippen molar-refractivity contribution in [2.75, 3.05) is 46.1 Å². The van der Waals surface area contributed by atoms with Crippen LogP contribution < -0.4 is 0 Å². The van der Waals surface area contributed by atoms with E-state index in [1.165, 1.54) is 6.42 Å². The second-order valence-corrected chi connectivity index (χ2v) is 6.78. The number of hydrogen-bond acceptors (Lipinski definition) is 5. The molecule has 0 spiro atoms. The van der Waals surface area contributed by atoms with Crippen molar-refractivity contribution >= 4 is 24.0 Å². The minimum absolute atomic E-state index is 0. The van der Waals surface area contributed by atoms with Crippen LogP contribution in [0.3, 0.4) is 0 Å². The average molecular weight is 427 g/mol. The largest absolute Gasteiger partial charge is 0.388 e. The van der Waals surface area contributed by atoms with Crippen LogP contribution in [-0.2, 0) is 14.2 Å². The second kappa shape index (κ2) is 9.13. The Bertz CT molecular complexity index is 311. The van der Waals surface area contributed by atoms with Gasteiger partial charge in [0.1, 0.15) is 0 Å². The van der Waals surface area contributed by atoms with E-state index in [1.807, 2.05) is 0 Å². The smallest absolute Gasteiger partial charge is 0.0817 e. The third-order valence-electron chi connectivity index (χ3n) is 5.02. The minimum Gasteiger partial charge on any atom is -0.388 e. The van der Waals surface area contributed by atoms with Crippen molar-refractivity contribution in [2.24, 2.45) is 0 Å². The number of nitrogens with zero attached hydrogens (tertiary/aromatic N) is 1. The molecule has 0 aliphatic carbocycles. The van der Waals surface area contributed by atoms with E-state index in [4.69, 9.17) is 14.2 Å². The quantitative estimate of drug-likeness (QED) is 0.679. The average Bonchev–Trinajstić information content (AvgIpc) is 3.00. The van der Waals surface area contributed by atoms with Gasteiger partial charge in [-0.2, -0.15) is 0 Å². The third-order valence-corrected chi connectivity index (χ3v) is 5.02. The van der Waals surface area contributed by atoms with Crippen molar-refractivity contribution in [3.05, 3.63) is 0 Å². The number of halogens is 1. The molecule has 0 aromatic rings. The number of ether oxygens (including phenoxy) is 3. The van der Waals surface area contributed by atoms with Crippen LogP contribution in [0.4, 0.5) is 0 Å². The molecule has 0 saturated carbocycles. The molecule has 1 N–H and O–H groups in total. The lowest BCUT2D eigenvalue weighted by molar-refractivity contribution is -0.0913. The van der Waals surface area contributed by atoms with E-state index in [2.05, 4.69) is 4.90 Å². The Morgan fingerprint density at radius 3 is 2.45 bits per heavy atom. The highest BCUT2D eigenvalue weighted by Crippen LogP contribution is 2.24. The van der Waals surface area contributed by atoms with Crippen LogP contribution >= 0.6 is 24.0 Å². The molecule has 6 heteroatoms. The summed E-state index contributed by atoms with van der Waals surface area (Å²) < 4.78 is 16.9. The fraction of sp³-hybridized carbons (Fsp3) is 1.00. The highest BCUT2D eigenvalue weighted by Gasteiger charge is 2.33. The fourth-order valence-corrected chi connectivity index (χ4v) is 3.58. The van der Waals surface area contributed by atoms with Crippen LogP contribution in [0.25, 0.3) is 0 Å². The van der Waals surface area contributed by atoms with Gasteiger partial charge in [-0.3, -0.25) is 0 Å². The zero-order valence-corrected chi connectivity index (χ0v) is 15.7. The van der Waals surface area contributed by atoms with E-state index in [0.29, 0.717) is 25.4 Å². The van der Waals surface area contributed by atoms with Crippen LogP contribution in [0.5, 0.6) is 0 Å². The summed E-state index contributed by atoms with van der Waals surface area (Å²) in [6.07, 6.45) is 6.69.